The van der Waals surface area contributed by atoms with Gasteiger partial charge < -0.3 is 14.4 Å². The highest BCUT2D eigenvalue weighted by molar-refractivity contribution is 5.84. The molecule has 3 rings (SSSR count). The number of anilines is 1. The van der Waals surface area contributed by atoms with Gasteiger partial charge in [0.1, 0.15) is 11.5 Å². The highest BCUT2D eigenvalue weighted by Crippen LogP contribution is 2.44. The summed E-state index contributed by atoms with van der Waals surface area (Å²) >= 11 is 0. The van der Waals surface area contributed by atoms with Gasteiger partial charge in [0.05, 0.1) is 13.3 Å². The van der Waals surface area contributed by atoms with E-state index in [9.17, 15) is 4.79 Å². The minimum Gasteiger partial charge on any atom is -0.497 e. The number of hydrazone groups is 1. The van der Waals surface area contributed by atoms with Crippen LogP contribution < -0.4 is 19.8 Å². The van der Waals surface area contributed by atoms with Crippen LogP contribution in [-0.4, -0.2) is 37.4 Å². The SMILES string of the molecule is COc1ccc(OCC(=O)N/N=C\c2ccc3c(c2)C(C)CC(C)(C)N3C(C)C)cc1. The van der Waals surface area contributed by atoms with E-state index in [0.717, 1.165) is 17.7 Å². The Kier molecular flexibility index (Phi) is 6.88. The van der Waals surface area contributed by atoms with Crippen molar-refractivity contribution in [1.29, 1.82) is 0 Å². The highest BCUT2D eigenvalue weighted by atomic mass is 16.5. The fourth-order valence-electron chi connectivity index (χ4n) is 4.56. The first-order valence-electron chi connectivity index (χ1n) is 10.7. The van der Waals surface area contributed by atoms with Gasteiger partial charge in [-0.15, -0.1) is 0 Å². The van der Waals surface area contributed by atoms with Gasteiger partial charge in [-0.05, 0) is 87.6 Å². The van der Waals surface area contributed by atoms with E-state index >= 15 is 0 Å². The fourth-order valence-corrected chi connectivity index (χ4v) is 4.56. The first kappa shape index (κ1) is 22.7. The van der Waals surface area contributed by atoms with Gasteiger partial charge in [-0.2, -0.15) is 5.10 Å². The van der Waals surface area contributed by atoms with Crippen LogP contribution in [0, 0.1) is 0 Å². The van der Waals surface area contributed by atoms with Crippen LogP contribution >= 0.6 is 0 Å². The summed E-state index contributed by atoms with van der Waals surface area (Å²) in [5.74, 6) is 1.48. The Morgan fingerprint density at radius 1 is 1.23 bits per heavy atom. The molecule has 6 nitrogen and oxygen atoms in total. The van der Waals surface area contributed by atoms with Gasteiger partial charge in [-0.1, -0.05) is 13.0 Å². The quantitative estimate of drug-likeness (QED) is 0.517. The minimum absolute atomic E-state index is 0.108. The lowest BCUT2D eigenvalue weighted by atomic mass is 9.79. The average Bonchev–Trinajstić information content (AvgIpc) is 2.72. The monoisotopic (exact) mass is 423 g/mol. The molecule has 0 bridgehead atoms. The number of amides is 1. The summed E-state index contributed by atoms with van der Waals surface area (Å²) in [6, 6.07) is 13.9. The molecule has 2 aromatic rings. The maximum atomic E-state index is 12.0. The zero-order chi connectivity index (χ0) is 22.6. The van der Waals surface area contributed by atoms with Crippen molar-refractivity contribution in [3.8, 4) is 11.5 Å². The second-order valence-corrected chi connectivity index (χ2v) is 8.96. The van der Waals surface area contributed by atoms with Crippen molar-refractivity contribution in [3.63, 3.8) is 0 Å². The Hall–Kier alpha value is -3.02. The van der Waals surface area contributed by atoms with E-state index in [0.29, 0.717) is 17.7 Å². The number of benzene rings is 2. The largest absolute Gasteiger partial charge is 0.497 e. The molecule has 0 spiro atoms. The number of ether oxygens (including phenoxy) is 2. The predicted octanol–water partition coefficient (Wildman–Crippen LogP) is 4.72. The zero-order valence-corrected chi connectivity index (χ0v) is 19.3. The van der Waals surface area contributed by atoms with Crippen LogP contribution in [0.15, 0.2) is 47.6 Å². The summed E-state index contributed by atoms with van der Waals surface area (Å²) in [5, 5.41) is 4.10. The molecule has 1 atom stereocenters. The van der Waals surface area contributed by atoms with Crippen molar-refractivity contribution in [3.05, 3.63) is 53.6 Å². The summed E-state index contributed by atoms with van der Waals surface area (Å²) in [5.41, 5.74) is 6.22. The molecule has 1 heterocycles. The maximum absolute atomic E-state index is 12.0. The molecule has 0 aromatic heterocycles. The molecule has 1 aliphatic rings. The third kappa shape index (κ3) is 5.37. The molecule has 1 unspecified atom stereocenters. The van der Waals surface area contributed by atoms with E-state index in [1.54, 1.807) is 37.6 Å². The molecule has 0 aliphatic carbocycles. The summed E-state index contributed by atoms with van der Waals surface area (Å²) in [6.45, 7) is 11.3. The molecule has 0 saturated carbocycles. The van der Waals surface area contributed by atoms with Crippen molar-refractivity contribution >= 4 is 17.8 Å². The van der Waals surface area contributed by atoms with E-state index in [-0.39, 0.29) is 18.1 Å². The number of carbonyl (C=O) groups excluding carboxylic acids is 1. The highest BCUT2D eigenvalue weighted by Gasteiger charge is 2.37. The number of hydrogen-bond acceptors (Lipinski definition) is 5. The standard InChI is InChI=1S/C25H33N3O3/c1-17(2)28-23-12-7-19(13-22(23)18(3)14-25(28,4)5)15-26-27-24(29)16-31-21-10-8-20(30-6)9-11-21/h7-13,15,17-18H,14,16H2,1-6H3,(H,27,29)/b26-15-. The summed E-state index contributed by atoms with van der Waals surface area (Å²) in [4.78, 5) is 14.5. The lowest BCUT2D eigenvalue weighted by molar-refractivity contribution is -0.123. The van der Waals surface area contributed by atoms with Crippen LogP contribution in [0.2, 0.25) is 0 Å². The molecular weight excluding hydrogens is 390 g/mol. The van der Waals surface area contributed by atoms with Crippen LogP contribution in [0.4, 0.5) is 5.69 Å². The van der Waals surface area contributed by atoms with Gasteiger partial charge in [0.15, 0.2) is 6.61 Å². The van der Waals surface area contributed by atoms with Crippen LogP contribution in [0.5, 0.6) is 11.5 Å². The van der Waals surface area contributed by atoms with Gasteiger partial charge in [0.2, 0.25) is 0 Å². The normalized spacial score (nSPS) is 17.5. The van der Waals surface area contributed by atoms with Crippen molar-refractivity contribution in [2.24, 2.45) is 5.10 Å². The van der Waals surface area contributed by atoms with Gasteiger partial charge in [-0.25, -0.2) is 5.43 Å². The van der Waals surface area contributed by atoms with Gasteiger partial charge in [-0.3, -0.25) is 4.79 Å². The number of fused-ring (bicyclic) bond motifs is 1. The van der Waals surface area contributed by atoms with Crippen molar-refractivity contribution in [2.75, 3.05) is 18.6 Å². The summed E-state index contributed by atoms with van der Waals surface area (Å²) < 4.78 is 10.6. The molecule has 6 heteroatoms. The van der Waals surface area contributed by atoms with Crippen LogP contribution in [0.3, 0.4) is 0 Å². The molecule has 0 radical (unpaired) electrons. The van der Waals surface area contributed by atoms with Crippen LogP contribution in [-0.2, 0) is 4.79 Å². The molecule has 31 heavy (non-hydrogen) atoms. The number of methoxy groups -OCH3 is 1. The number of nitrogens with zero attached hydrogens (tertiary/aromatic N) is 2. The first-order chi connectivity index (χ1) is 14.7. The Morgan fingerprint density at radius 2 is 1.90 bits per heavy atom. The Morgan fingerprint density at radius 3 is 2.55 bits per heavy atom. The van der Waals surface area contributed by atoms with Gasteiger partial charge in [0.25, 0.3) is 5.91 Å². The molecule has 0 saturated heterocycles. The summed E-state index contributed by atoms with van der Waals surface area (Å²) in [6.07, 6.45) is 2.77. The van der Waals surface area contributed by atoms with E-state index < -0.39 is 0 Å². The lowest BCUT2D eigenvalue weighted by Crippen LogP contribution is -2.51. The average molecular weight is 424 g/mol. The molecule has 1 N–H and O–H groups in total. The van der Waals surface area contributed by atoms with Gasteiger partial charge in [0, 0.05) is 17.3 Å². The molecule has 1 amide bonds. The maximum Gasteiger partial charge on any atom is 0.277 e. The molecule has 1 aliphatic heterocycles. The molecule has 0 fully saturated rings. The molecular formula is C25H33N3O3. The third-order valence-electron chi connectivity index (χ3n) is 5.65. The predicted molar refractivity (Wildman–Crippen MR) is 125 cm³/mol. The second kappa shape index (κ2) is 9.41. The first-order valence-corrected chi connectivity index (χ1v) is 10.7. The second-order valence-electron chi connectivity index (χ2n) is 8.96. The van der Waals surface area contributed by atoms with E-state index in [4.69, 9.17) is 9.47 Å². The number of carbonyl (C=O) groups is 1. The Labute approximate surface area is 185 Å². The smallest absolute Gasteiger partial charge is 0.277 e. The van der Waals surface area contributed by atoms with Crippen molar-refractivity contribution in [1.82, 2.24) is 5.43 Å². The van der Waals surface area contributed by atoms with E-state index in [1.807, 2.05) is 6.07 Å². The summed E-state index contributed by atoms with van der Waals surface area (Å²) in [7, 11) is 1.60. The molecule has 2 aromatic carbocycles. The number of hydrogen-bond donors (Lipinski definition) is 1. The van der Waals surface area contributed by atoms with Gasteiger partial charge >= 0.3 is 0 Å². The molecule has 166 valence electrons. The third-order valence-corrected chi connectivity index (χ3v) is 5.65. The van der Waals surface area contributed by atoms with Crippen molar-refractivity contribution in [2.45, 2.75) is 58.5 Å². The van der Waals surface area contributed by atoms with E-state index in [2.05, 4.69) is 62.2 Å². The topological polar surface area (TPSA) is 63.2 Å². The minimum atomic E-state index is -0.314. The Bertz CT molecular complexity index is 936. The lowest BCUT2D eigenvalue weighted by Gasteiger charge is -2.50. The number of nitrogens with one attached hydrogen (secondary N) is 1. The van der Waals surface area contributed by atoms with Crippen LogP contribution in [0.1, 0.15) is 58.1 Å². The Balaban J connectivity index is 1.61. The van der Waals surface area contributed by atoms with E-state index in [1.165, 1.54) is 11.3 Å². The zero-order valence-electron chi connectivity index (χ0n) is 19.3. The van der Waals surface area contributed by atoms with Crippen LogP contribution in [0.25, 0.3) is 0 Å². The number of rotatable bonds is 7. The van der Waals surface area contributed by atoms with Crippen molar-refractivity contribution < 1.29 is 14.3 Å². The fraction of sp³-hybridized carbons (Fsp3) is 0.440.